The number of halogens is 2. The van der Waals surface area contributed by atoms with E-state index in [0.29, 0.717) is 23.7 Å². The predicted molar refractivity (Wildman–Crippen MR) is 328 cm³/mol. The summed E-state index contributed by atoms with van der Waals surface area (Å²) in [7, 11) is 0. The zero-order chi connectivity index (χ0) is 56.1. The van der Waals surface area contributed by atoms with Gasteiger partial charge in [-0.2, -0.15) is 0 Å². The Morgan fingerprint density at radius 3 is 1.66 bits per heavy atom. The largest absolute Gasteiger partial charge is 0.457 e. The van der Waals surface area contributed by atoms with Gasteiger partial charge in [0.2, 0.25) is 0 Å². The van der Waals surface area contributed by atoms with Crippen molar-refractivity contribution < 1.29 is 13.5 Å². The summed E-state index contributed by atoms with van der Waals surface area (Å²) in [6.45, 7) is 32.1. The molecule has 400 valence electrons. The first-order chi connectivity index (χ1) is 37.3. The van der Waals surface area contributed by atoms with Crippen molar-refractivity contribution in [3.8, 4) is 50.7 Å². The van der Waals surface area contributed by atoms with Crippen LogP contribution >= 0.6 is 0 Å². The third kappa shape index (κ3) is 10.1. The second-order valence-corrected chi connectivity index (χ2v) is 25.9. The third-order valence-corrected chi connectivity index (χ3v) is 15.6. The third-order valence-electron chi connectivity index (χ3n) is 15.6. The number of rotatable bonds is 8. The fourth-order valence-corrected chi connectivity index (χ4v) is 11.7. The van der Waals surface area contributed by atoms with Crippen molar-refractivity contribution in [1.82, 2.24) is 9.55 Å². The van der Waals surface area contributed by atoms with Gasteiger partial charge in [0.25, 0.3) is 0 Å². The zero-order valence-corrected chi connectivity index (χ0v) is 48.3. The average Bonchev–Trinajstić information content (AvgIpc) is 4.21. The van der Waals surface area contributed by atoms with Gasteiger partial charge < -0.3 is 14.5 Å². The van der Waals surface area contributed by atoms with Gasteiger partial charge >= 0.3 is 0 Å². The number of nitrogens with zero attached hydrogens (tertiary/aromatic N) is 4. The van der Waals surface area contributed by atoms with Gasteiger partial charge in [0.1, 0.15) is 35.6 Å². The number of pyridine rings is 1. The number of benzene rings is 8. The highest BCUT2D eigenvalue weighted by molar-refractivity contribution is 6.09. The van der Waals surface area contributed by atoms with Gasteiger partial charge in [-0.3, -0.25) is 4.57 Å². The molecule has 0 N–H and O–H groups in total. The maximum absolute atomic E-state index is 15.3. The van der Waals surface area contributed by atoms with Crippen molar-refractivity contribution in [2.24, 2.45) is 0 Å². The summed E-state index contributed by atoms with van der Waals surface area (Å²) in [5.41, 5.74) is 17.9. The minimum atomic E-state index is -0.627. The lowest BCUT2D eigenvalue weighted by atomic mass is 9.71. The van der Waals surface area contributed by atoms with Gasteiger partial charge in [0, 0.05) is 52.0 Å². The number of ether oxygens (including phenoxy) is 1. The fourth-order valence-electron chi connectivity index (χ4n) is 11.7. The van der Waals surface area contributed by atoms with Crippen LogP contribution in [0.1, 0.15) is 116 Å². The van der Waals surface area contributed by atoms with E-state index >= 15 is 8.78 Å². The van der Waals surface area contributed by atoms with E-state index in [-0.39, 0.29) is 21.7 Å². The Bertz CT molecular complexity index is 3880. The zero-order valence-electron chi connectivity index (χ0n) is 48.3. The number of anilines is 4. The number of hydrogen-bond acceptors (Lipinski definition) is 4. The van der Waals surface area contributed by atoms with Crippen molar-refractivity contribution in [3.05, 3.63) is 215 Å². The van der Waals surface area contributed by atoms with Crippen molar-refractivity contribution in [2.75, 3.05) is 16.5 Å². The quantitative estimate of drug-likeness (QED) is 0.152. The van der Waals surface area contributed by atoms with E-state index in [1.165, 1.54) is 39.9 Å². The molecule has 7 heteroatoms. The Labute approximate surface area is 466 Å². The molecule has 11 rings (SSSR count). The maximum atomic E-state index is 15.3. The summed E-state index contributed by atoms with van der Waals surface area (Å²) in [6, 6.07) is 55.7. The molecule has 1 aliphatic rings. The summed E-state index contributed by atoms with van der Waals surface area (Å²) in [4.78, 5) is 9.63. The van der Waals surface area contributed by atoms with Crippen LogP contribution in [0.4, 0.5) is 31.5 Å². The minimum absolute atomic E-state index is 0.0698. The highest BCUT2D eigenvalue weighted by Crippen LogP contribution is 2.53. The van der Waals surface area contributed by atoms with Crippen LogP contribution in [0.2, 0.25) is 0 Å². The van der Waals surface area contributed by atoms with Crippen LogP contribution in [-0.4, -0.2) is 16.2 Å². The van der Waals surface area contributed by atoms with E-state index in [2.05, 4.69) is 245 Å². The number of fused-ring (bicyclic) bond motifs is 4. The molecule has 5 nitrogen and oxygen atoms in total. The molecule has 8 aromatic carbocycles. The molecule has 0 amide bonds. The SMILES string of the molecule is Cc1cc(C)cc(-c2cccc(-c3cc(F)cc(F)c3)c2N2CN(c3cc(Oc4ccc5c6ccccc6n(-c6cc(C(C)(C)C)ccn6)c5c4)cc(-c4c(C(C)(C)C)cc(C(C)(C)C)cc4C(C)(C)C)c3)c3ccccc32)c1. The van der Waals surface area contributed by atoms with Crippen molar-refractivity contribution >= 4 is 44.6 Å². The first kappa shape index (κ1) is 53.0. The van der Waals surface area contributed by atoms with Crippen molar-refractivity contribution in [3.63, 3.8) is 0 Å². The van der Waals surface area contributed by atoms with E-state index in [1.54, 1.807) is 0 Å². The molecule has 0 bridgehead atoms. The molecule has 0 atom stereocenters. The van der Waals surface area contributed by atoms with Gasteiger partial charge in [0.15, 0.2) is 0 Å². The molecule has 0 unspecified atom stereocenters. The summed E-state index contributed by atoms with van der Waals surface area (Å²) in [5, 5.41) is 2.25. The highest BCUT2D eigenvalue weighted by atomic mass is 19.1. The minimum Gasteiger partial charge on any atom is -0.457 e. The second-order valence-electron chi connectivity index (χ2n) is 25.9. The van der Waals surface area contributed by atoms with E-state index in [9.17, 15) is 0 Å². The van der Waals surface area contributed by atoms with E-state index in [0.717, 1.165) is 89.8 Å². The van der Waals surface area contributed by atoms with Crippen LogP contribution in [0.3, 0.4) is 0 Å². The summed E-state index contributed by atoms with van der Waals surface area (Å²) in [5.74, 6) is 0.976. The molecule has 0 saturated carbocycles. The van der Waals surface area contributed by atoms with Crippen LogP contribution in [0.5, 0.6) is 11.5 Å². The van der Waals surface area contributed by atoms with E-state index in [1.807, 2.05) is 18.3 Å². The van der Waals surface area contributed by atoms with Gasteiger partial charge in [-0.05, 0) is 147 Å². The van der Waals surface area contributed by atoms with Crippen LogP contribution in [-0.2, 0) is 21.7 Å². The Kier molecular flexibility index (Phi) is 13.0. The van der Waals surface area contributed by atoms with Gasteiger partial charge in [-0.25, -0.2) is 13.8 Å². The highest BCUT2D eigenvalue weighted by Gasteiger charge is 2.35. The lowest BCUT2D eigenvalue weighted by Crippen LogP contribution is -2.25. The molecule has 3 heterocycles. The fraction of sp³-hybridized carbons (Fsp3) is 0.264. The van der Waals surface area contributed by atoms with Gasteiger partial charge in [0.05, 0.1) is 28.1 Å². The molecule has 79 heavy (non-hydrogen) atoms. The monoisotopic (exact) mass is 1050 g/mol. The summed E-state index contributed by atoms with van der Waals surface area (Å²) >= 11 is 0. The summed E-state index contributed by atoms with van der Waals surface area (Å²) < 4.78 is 40.2. The number of aromatic nitrogens is 2. The lowest BCUT2D eigenvalue weighted by Gasteiger charge is -2.34. The molecule has 0 spiro atoms. The molecule has 0 radical (unpaired) electrons. The van der Waals surface area contributed by atoms with Crippen LogP contribution < -0.4 is 14.5 Å². The number of aryl methyl sites for hydroxylation is 2. The molecule has 10 aromatic rings. The Morgan fingerprint density at radius 2 is 1.04 bits per heavy atom. The van der Waals surface area contributed by atoms with E-state index in [4.69, 9.17) is 9.72 Å². The topological polar surface area (TPSA) is 33.5 Å². The Hall–Kier alpha value is -8.03. The van der Waals surface area contributed by atoms with E-state index < -0.39 is 11.6 Å². The molecule has 0 fully saturated rings. The molecule has 1 aliphatic heterocycles. The molecule has 0 aliphatic carbocycles. The van der Waals surface area contributed by atoms with Crippen molar-refractivity contribution in [2.45, 2.75) is 119 Å². The maximum Gasteiger partial charge on any atom is 0.137 e. The van der Waals surface area contributed by atoms with Gasteiger partial charge in [-0.15, -0.1) is 0 Å². The molecular formula is C72H72F2N4O. The first-order valence-electron chi connectivity index (χ1n) is 27.7. The summed E-state index contributed by atoms with van der Waals surface area (Å²) in [6.07, 6.45) is 1.91. The van der Waals surface area contributed by atoms with Crippen molar-refractivity contribution in [1.29, 1.82) is 0 Å². The number of para-hydroxylation sites is 4. The predicted octanol–water partition coefficient (Wildman–Crippen LogP) is 20.3. The molecule has 0 saturated heterocycles. The normalized spacial score (nSPS) is 13.2. The smallest absolute Gasteiger partial charge is 0.137 e. The lowest BCUT2D eigenvalue weighted by molar-refractivity contribution is 0.483. The van der Waals surface area contributed by atoms with Crippen LogP contribution in [0, 0.1) is 25.5 Å². The standard InChI is InChI=1S/C72H72F2N4O/c1-44-30-45(2)32-46(31-44)56-21-19-22-57(47-33-51(73)40-52(74)34-47)68(56)77-43-76(63-24-17-18-25-64(63)77)53-35-48(67-60(71(9,10)11)37-50(70(6,7)8)38-61(67)72(12,13)14)36-55(41-53)79-54-26-27-59-58-20-15-16-23-62(58)78(65(59)42-54)66-39-49(28-29-75-66)69(3,4)5/h15-42H,43H2,1-14H3. The average molecular weight is 1050 g/mol. The Balaban J connectivity index is 1.14. The number of hydrogen-bond donors (Lipinski definition) is 0. The van der Waals surface area contributed by atoms with Crippen LogP contribution in [0.15, 0.2) is 170 Å². The Morgan fingerprint density at radius 1 is 0.456 bits per heavy atom. The second kappa shape index (κ2) is 19.4. The van der Waals surface area contributed by atoms with Crippen LogP contribution in [0.25, 0.3) is 61.0 Å². The van der Waals surface area contributed by atoms with Gasteiger partial charge in [-0.1, -0.05) is 173 Å². The molecule has 2 aromatic heterocycles. The first-order valence-corrected chi connectivity index (χ1v) is 27.7. The molecular weight excluding hydrogens is 975 g/mol.